The van der Waals surface area contributed by atoms with Crippen molar-refractivity contribution in [2.24, 2.45) is 0 Å². The van der Waals surface area contributed by atoms with Crippen molar-refractivity contribution in [2.75, 3.05) is 14.2 Å². The van der Waals surface area contributed by atoms with Gasteiger partial charge in [-0.2, -0.15) is 0 Å². The molecule has 0 N–H and O–H groups in total. The quantitative estimate of drug-likeness (QED) is 0.216. The molecule has 0 amide bonds. The number of ether oxygens (including phenoxy) is 2. The Labute approximate surface area is 218 Å². The lowest BCUT2D eigenvalue weighted by molar-refractivity contribution is -0.138. The van der Waals surface area contributed by atoms with E-state index in [0.29, 0.717) is 21.9 Å². The minimum Gasteiger partial charge on any atom is -0.465 e. The average Bonchev–Trinajstić information content (AvgIpc) is 2.96. The normalized spacial score (nSPS) is 18.1. The fourth-order valence-electron chi connectivity index (χ4n) is 5.75. The van der Waals surface area contributed by atoms with Gasteiger partial charge in [-0.05, 0) is 55.5 Å². The van der Waals surface area contributed by atoms with Gasteiger partial charge in [0.15, 0.2) is 0 Å². The van der Waals surface area contributed by atoms with Crippen molar-refractivity contribution in [1.82, 2.24) is 0 Å². The fraction of sp³-hybridized carbons (Fsp3) is 0.467. The van der Waals surface area contributed by atoms with Gasteiger partial charge in [0.2, 0.25) is 0 Å². The van der Waals surface area contributed by atoms with Gasteiger partial charge in [-0.1, -0.05) is 107 Å². The van der Waals surface area contributed by atoms with Crippen molar-refractivity contribution in [3.8, 4) is 0 Å². The van der Waals surface area contributed by atoms with Gasteiger partial charge in [-0.15, -0.1) is 0 Å². The van der Waals surface area contributed by atoms with Crippen LogP contribution in [0.15, 0.2) is 71.3 Å². The maximum Gasteiger partial charge on any atom is 0.339 e. The molecule has 4 nitrogen and oxygen atoms in total. The lowest BCUT2D eigenvalue weighted by atomic mass is 9.99. The molecule has 0 spiro atoms. The predicted molar refractivity (Wildman–Crippen MR) is 151 cm³/mol. The standard InChI is InChI=1S/C30H38O4P2/c1-33-29(31)27(35(23-15-7-3-8-16-23)24-17-9-4-10-18-24)28(30(32)34-2)36(25-19-11-5-12-20-25)26-21-13-6-14-22-26/h3-4,7-10,15-18,25-26H,5-6,11-14,19-22H2,1-2H3/b28-27-. The van der Waals surface area contributed by atoms with E-state index in [2.05, 4.69) is 24.3 Å². The Morgan fingerprint density at radius 3 is 1.39 bits per heavy atom. The summed E-state index contributed by atoms with van der Waals surface area (Å²) >= 11 is 0. The van der Waals surface area contributed by atoms with Crippen LogP contribution in [0, 0.1) is 0 Å². The maximum atomic E-state index is 13.8. The first-order chi connectivity index (χ1) is 17.7. The molecule has 36 heavy (non-hydrogen) atoms. The van der Waals surface area contributed by atoms with Gasteiger partial charge < -0.3 is 9.47 Å². The second-order valence-corrected chi connectivity index (χ2v) is 14.6. The zero-order valence-electron chi connectivity index (χ0n) is 21.5. The van der Waals surface area contributed by atoms with Crippen LogP contribution in [0.1, 0.15) is 64.2 Å². The highest BCUT2D eigenvalue weighted by Crippen LogP contribution is 2.64. The Bertz CT molecular complexity index is 968. The second kappa shape index (κ2) is 13.5. The van der Waals surface area contributed by atoms with Crippen LogP contribution in [0.2, 0.25) is 0 Å². The van der Waals surface area contributed by atoms with E-state index in [1.165, 1.54) is 52.7 Å². The van der Waals surface area contributed by atoms with Crippen molar-refractivity contribution >= 4 is 38.4 Å². The third kappa shape index (κ3) is 6.27. The summed E-state index contributed by atoms with van der Waals surface area (Å²) in [6.07, 6.45) is 11.8. The predicted octanol–water partition coefficient (Wildman–Crippen LogP) is 6.82. The van der Waals surface area contributed by atoms with Gasteiger partial charge in [-0.25, -0.2) is 9.59 Å². The highest BCUT2D eigenvalue weighted by molar-refractivity contribution is 7.79. The van der Waals surface area contributed by atoms with E-state index in [1.807, 2.05) is 36.4 Å². The van der Waals surface area contributed by atoms with Crippen molar-refractivity contribution < 1.29 is 19.1 Å². The Morgan fingerprint density at radius 2 is 1.00 bits per heavy atom. The Kier molecular flexibility index (Phi) is 10.1. The van der Waals surface area contributed by atoms with Crippen LogP contribution in [0.5, 0.6) is 0 Å². The van der Waals surface area contributed by atoms with Crippen LogP contribution < -0.4 is 10.6 Å². The van der Waals surface area contributed by atoms with Crippen LogP contribution in [-0.2, 0) is 19.1 Å². The summed E-state index contributed by atoms with van der Waals surface area (Å²) in [6, 6.07) is 20.3. The summed E-state index contributed by atoms with van der Waals surface area (Å²) in [7, 11) is 0.726. The third-order valence-corrected chi connectivity index (χ3v) is 13.6. The summed E-state index contributed by atoms with van der Waals surface area (Å²) in [5, 5.41) is 3.28. The minimum absolute atomic E-state index is 0.336. The zero-order chi connectivity index (χ0) is 25.3. The molecule has 2 aliphatic rings. The first-order valence-electron chi connectivity index (χ1n) is 13.2. The molecule has 0 unspecified atom stereocenters. The zero-order valence-corrected chi connectivity index (χ0v) is 23.3. The molecule has 4 rings (SSSR count). The molecule has 0 saturated heterocycles. The summed E-state index contributed by atoms with van der Waals surface area (Å²) in [6.45, 7) is 0. The van der Waals surface area contributed by atoms with Crippen molar-refractivity contribution in [1.29, 1.82) is 0 Å². The molecule has 0 atom stereocenters. The molecule has 0 bridgehead atoms. The van der Waals surface area contributed by atoms with E-state index in [1.54, 1.807) is 0 Å². The first kappa shape index (κ1) is 27.0. The second-order valence-electron chi connectivity index (χ2n) is 9.68. The summed E-state index contributed by atoms with van der Waals surface area (Å²) in [4.78, 5) is 27.6. The Morgan fingerprint density at radius 1 is 0.611 bits per heavy atom. The van der Waals surface area contributed by atoms with Gasteiger partial charge in [0.25, 0.3) is 0 Å². The van der Waals surface area contributed by atoms with Gasteiger partial charge in [0.1, 0.15) is 0 Å². The molecule has 192 valence electrons. The van der Waals surface area contributed by atoms with Gasteiger partial charge >= 0.3 is 11.9 Å². The van der Waals surface area contributed by atoms with Gasteiger partial charge in [-0.3, -0.25) is 0 Å². The van der Waals surface area contributed by atoms with Gasteiger partial charge in [0.05, 0.1) is 24.8 Å². The van der Waals surface area contributed by atoms with Crippen LogP contribution in [-0.4, -0.2) is 37.5 Å². The van der Waals surface area contributed by atoms with Crippen LogP contribution in [0.3, 0.4) is 0 Å². The molecular formula is C30H38O4P2. The molecule has 2 saturated carbocycles. The number of esters is 2. The smallest absolute Gasteiger partial charge is 0.339 e. The van der Waals surface area contributed by atoms with E-state index < -0.39 is 21.8 Å². The fourth-order valence-corrected chi connectivity index (χ4v) is 12.5. The number of hydrogen-bond acceptors (Lipinski definition) is 4. The number of carbonyl (C=O) groups excluding carboxylic acids is 2. The number of benzene rings is 2. The summed E-state index contributed by atoms with van der Waals surface area (Å²) in [5.41, 5.74) is 0.906. The number of hydrogen-bond donors (Lipinski definition) is 0. The number of methoxy groups -OCH3 is 2. The van der Waals surface area contributed by atoms with Crippen molar-refractivity contribution in [3.63, 3.8) is 0 Å². The molecule has 2 aromatic carbocycles. The molecule has 0 radical (unpaired) electrons. The van der Waals surface area contributed by atoms with E-state index in [9.17, 15) is 9.59 Å². The summed E-state index contributed by atoms with van der Waals surface area (Å²) in [5.74, 6) is -0.731. The Hall–Kier alpha value is -2.02. The Balaban J connectivity index is 1.99. The first-order valence-corrected chi connectivity index (χ1v) is 16.1. The topological polar surface area (TPSA) is 52.6 Å². The number of rotatable bonds is 8. The van der Waals surface area contributed by atoms with Crippen molar-refractivity contribution in [3.05, 3.63) is 71.3 Å². The molecule has 0 heterocycles. The molecule has 6 heteroatoms. The molecule has 2 aromatic rings. The van der Waals surface area contributed by atoms with Crippen LogP contribution in [0.4, 0.5) is 0 Å². The van der Waals surface area contributed by atoms with Gasteiger partial charge in [0, 0.05) is 0 Å². The number of carbonyl (C=O) groups is 2. The monoisotopic (exact) mass is 524 g/mol. The van der Waals surface area contributed by atoms with Crippen LogP contribution in [0.25, 0.3) is 0 Å². The van der Waals surface area contributed by atoms with E-state index >= 15 is 0 Å². The summed E-state index contributed by atoms with van der Waals surface area (Å²) < 4.78 is 11.0. The molecule has 0 aromatic heterocycles. The van der Waals surface area contributed by atoms with Crippen molar-refractivity contribution in [2.45, 2.75) is 75.5 Å². The van der Waals surface area contributed by atoms with E-state index in [-0.39, 0.29) is 5.97 Å². The highest BCUT2D eigenvalue weighted by Gasteiger charge is 2.42. The minimum atomic E-state index is -1.29. The third-order valence-electron chi connectivity index (χ3n) is 7.43. The molecule has 0 aliphatic heterocycles. The van der Waals surface area contributed by atoms with E-state index in [0.717, 1.165) is 36.3 Å². The molecule has 2 aliphatic carbocycles. The average molecular weight is 525 g/mol. The SMILES string of the molecule is COC(=O)/C(=C(\C(=O)OC)P(C1CCCCC1)C1CCCCC1)P(c1ccccc1)c1ccccc1. The maximum absolute atomic E-state index is 13.8. The highest BCUT2D eigenvalue weighted by atomic mass is 31.1. The lowest BCUT2D eigenvalue weighted by Crippen LogP contribution is -2.27. The molecule has 2 fully saturated rings. The lowest BCUT2D eigenvalue weighted by Gasteiger charge is -2.40. The molecular weight excluding hydrogens is 486 g/mol. The van der Waals surface area contributed by atoms with E-state index in [4.69, 9.17) is 9.47 Å². The largest absolute Gasteiger partial charge is 0.465 e. The van der Waals surface area contributed by atoms with Crippen LogP contribution >= 0.6 is 15.8 Å².